The van der Waals surface area contributed by atoms with Crippen LogP contribution in [0.15, 0.2) is 49.2 Å². The molecule has 2 saturated carbocycles. The summed E-state index contributed by atoms with van der Waals surface area (Å²) in [6.45, 7) is 7.39. The predicted molar refractivity (Wildman–Crippen MR) is 169 cm³/mol. The van der Waals surface area contributed by atoms with Crippen LogP contribution in [0.4, 0.5) is 9.18 Å². The van der Waals surface area contributed by atoms with Gasteiger partial charge >= 0.3 is 6.09 Å². The fourth-order valence-electron chi connectivity index (χ4n) is 5.84. The summed E-state index contributed by atoms with van der Waals surface area (Å²) >= 11 is 0. The molecule has 3 aliphatic rings. The van der Waals surface area contributed by atoms with E-state index < -0.39 is 87.4 Å². The van der Waals surface area contributed by atoms with Gasteiger partial charge < -0.3 is 25.0 Å². The van der Waals surface area contributed by atoms with Gasteiger partial charge in [-0.2, -0.15) is 0 Å². The number of fused-ring (bicyclic) bond motifs is 1. The monoisotopic (exact) mass is 673 g/mol. The minimum atomic E-state index is -3.90. The van der Waals surface area contributed by atoms with Crippen LogP contribution in [0.2, 0.25) is 0 Å². The topological polar surface area (TPSA) is 173 Å². The number of alkyl halides is 1. The summed E-state index contributed by atoms with van der Waals surface area (Å²) in [5.74, 6) is -2.43. The fraction of sp³-hybridized carbons (Fsp3) is 0.531. The van der Waals surface area contributed by atoms with Crippen molar-refractivity contribution < 1.29 is 41.5 Å². The fourth-order valence-corrected chi connectivity index (χ4v) is 7.21. The number of rotatable bonds is 12. The molecule has 47 heavy (non-hydrogen) atoms. The third-order valence-corrected chi connectivity index (χ3v) is 10.5. The van der Waals surface area contributed by atoms with Gasteiger partial charge in [-0.05, 0) is 42.2 Å². The number of carbonyl (C=O) groups excluding carboxylic acids is 4. The number of amides is 4. The van der Waals surface area contributed by atoms with E-state index in [0.717, 1.165) is 10.8 Å². The summed E-state index contributed by atoms with van der Waals surface area (Å²) in [5.41, 5.74) is -2.44. The van der Waals surface area contributed by atoms with Crippen molar-refractivity contribution in [3.8, 4) is 5.88 Å². The molecule has 4 amide bonds. The second kappa shape index (κ2) is 13.1. The summed E-state index contributed by atoms with van der Waals surface area (Å²) in [5, 5.41) is 6.19. The van der Waals surface area contributed by atoms with Crippen molar-refractivity contribution in [2.75, 3.05) is 19.8 Å². The average Bonchev–Trinajstić information content (AvgIpc) is 3.95. The molecule has 0 bridgehead atoms. The zero-order valence-corrected chi connectivity index (χ0v) is 27.3. The number of carbonyl (C=O) groups is 4. The molecule has 254 valence electrons. The summed E-state index contributed by atoms with van der Waals surface area (Å²) < 4.78 is 51.0. The molecule has 1 aliphatic heterocycles. The second-order valence-electron chi connectivity index (χ2n) is 13.3. The van der Waals surface area contributed by atoms with Gasteiger partial charge in [-0.25, -0.2) is 22.6 Å². The van der Waals surface area contributed by atoms with Gasteiger partial charge in [0.05, 0.1) is 11.8 Å². The Morgan fingerprint density at radius 2 is 1.91 bits per heavy atom. The highest BCUT2D eigenvalue weighted by molar-refractivity contribution is 7.91. The normalized spacial score (nSPS) is 24.6. The van der Waals surface area contributed by atoms with E-state index in [4.69, 9.17) is 9.47 Å². The van der Waals surface area contributed by atoms with E-state index in [1.165, 1.54) is 11.0 Å². The third kappa shape index (κ3) is 7.34. The summed E-state index contributed by atoms with van der Waals surface area (Å²) in [4.78, 5) is 59.7. The summed E-state index contributed by atoms with van der Waals surface area (Å²) in [6.07, 6.45) is 2.37. The van der Waals surface area contributed by atoms with Crippen LogP contribution in [-0.4, -0.2) is 90.9 Å². The highest BCUT2D eigenvalue weighted by Gasteiger charge is 2.62. The number of ether oxygens (including phenoxy) is 2. The molecule has 13 nitrogen and oxygen atoms in total. The van der Waals surface area contributed by atoms with Crippen LogP contribution in [0.3, 0.4) is 0 Å². The first kappa shape index (κ1) is 34.1. The van der Waals surface area contributed by atoms with Gasteiger partial charge in [-0.15, -0.1) is 6.58 Å². The number of nitrogens with one attached hydrogen (secondary N) is 3. The van der Waals surface area contributed by atoms with Gasteiger partial charge in [-0.3, -0.25) is 19.1 Å². The van der Waals surface area contributed by atoms with Crippen molar-refractivity contribution in [3.05, 3.63) is 49.2 Å². The van der Waals surface area contributed by atoms with E-state index in [1.807, 2.05) is 30.3 Å². The molecule has 0 unspecified atom stereocenters. The quantitative estimate of drug-likeness (QED) is 0.286. The molecule has 15 heteroatoms. The van der Waals surface area contributed by atoms with Crippen molar-refractivity contribution in [2.24, 2.45) is 11.3 Å². The highest BCUT2D eigenvalue weighted by atomic mass is 32.2. The van der Waals surface area contributed by atoms with E-state index in [0.29, 0.717) is 18.7 Å². The molecule has 0 radical (unpaired) electrons. The number of halogens is 1. The number of aromatic nitrogens is 1. The van der Waals surface area contributed by atoms with E-state index >= 15 is 0 Å². The van der Waals surface area contributed by atoms with Crippen LogP contribution >= 0.6 is 0 Å². The lowest BCUT2D eigenvalue weighted by Crippen LogP contribution is -2.60. The lowest BCUT2D eigenvalue weighted by molar-refractivity contribution is -0.142. The molecular formula is C32H40FN5O8S. The first-order chi connectivity index (χ1) is 22.2. The Bertz CT molecular complexity index is 1670. The zero-order valence-electron chi connectivity index (χ0n) is 26.5. The molecule has 1 aromatic heterocycles. The van der Waals surface area contributed by atoms with Crippen LogP contribution in [0.1, 0.15) is 46.5 Å². The summed E-state index contributed by atoms with van der Waals surface area (Å²) in [6, 6.07) is 6.89. The average molecular weight is 674 g/mol. The van der Waals surface area contributed by atoms with Crippen LogP contribution in [-0.2, 0) is 29.1 Å². The number of nitrogens with zero attached hydrogens (tertiary/aromatic N) is 2. The number of hydrogen-bond acceptors (Lipinski definition) is 9. The number of benzene rings is 1. The lowest BCUT2D eigenvalue weighted by Gasteiger charge is -2.35. The first-order valence-electron chi connectivity index (χ1n) is 15.5. The van der Waals surface area contributed by atoms with E-state index in [-0.39, 0.29) is 19.4 Å². The Hall–Kier alpha value is -4.27. The highest BCUT2D eigenvalue weighted by Crippen LogP contribution is 2.45. The van der Waals surface area contributed by atoms with Gasteiger partial charge in [0.25, 0.3) is 5.91 Å². The smallest absolute Gasteiger partial charge is 0.407 e. The van der Waals surface area contributed by atoms with Gasteiger partial charge in [0, 0.05) is 23.9 Å². The molecular weight excluding hydrogens is 633 g/mol. The molecule has 0 spiro atoms. The van der Waals surface area contributed by atoms with E-state index in [2.05, 4.69) is 26.9 Å². The second-order valence-corrected chi connectivity index (χ2v) is 15.2. The first-order valence-corrected chi connectivity index (χ1v) is 17.1. The van der Waals surface area contributed by atoms with Gasteiger partial charge in [0.1, 0.15) is 37.0 Å². The van der Waals surface area contributed by atoms with Gasteiger partial charge in [0.2, 0.25) is 27.7 Å². The van der Waals surface area contributed by atoms with Crippen LogP contribution in [0, 0.1) is 11.3 Å². The Morgan fingerprint density at radius 3 is 2.55 bits per heavy atom. The zero-order chi connectivity index (χ0) is 34.1. The largest absolute Gasteiger partial charge is 0.472 e. The van der Waals surface area contributed by atoms with E-state index in [1.54, 1.807) is 27.0 Å². The van der Waals surface area contributed by atoms with Crippen LogP contribution < -0.4 is 20.1 Å². The SMILES string of the molecule is C=C[C@H]1C[C@@]1(NC(=O)[C@H]1C[C@@H](Oc2nccc3ccccc23)CN1C(=O)[C@@H](NC(=O)OCCF)C(C)(C)C)C(=O)NS(=O)(=O)C1CC1. The maximum Gasteiger partial charge on any atom is 0.407 e. The van der Waals surface area contributed by atoms with Gasteiger partial charge in [0.15, 0.2) is 0 Å². The minimum Gasteiger partial charge on any atom is -0.472 e. The molecule has 2 aromatic rings. The number of hydrogen-bond donors (Lipinski definition) is 3. The molecule has 5 rings (SSSR count). The van der Waals surface area contributed by atoms with Crippen molar-refractivity contribution in [2.45, 2.75) is 75.4 Å². The van der Waals surface area contributed by atoms with Crippen molar-refractivity contribution in [1.29, 1.82) is 0 Å². The summed E-state index contributed by atoms with van der Waals surface area (Å²) in [7, 11) is -3.90. The van der Waals surface area contributed by atoms with Crippen LogP contribution in [0.25, 0.3) is 10.8 Å². The molecule has 1 aromatic carbocycles. The third-order valence-electron chi connectivity index (χ3n) is 8.70. The molecule has 3 N–H and O–H groups in total. The number of alkyl carbamates (subject to hydrolysis) is 1. The molecule has 1 saturated heterocycles. The maximum atomic E-state index is 14.2. The van der Waals surface area contributed by atoms with Crippen molar-refractivity contribution >= 4 is 44.6 Å². The Labute approximate surface area is 272 Å². The molecule has 2 aliphatic carbocycles. The Balaban J connectivity index is 1.42. The number of pyridine rings is 1. The lowest BCUT2D eigenvalue weighted by atomic mass is 9.85. The number of likely N-dealkylation sites (tertiary alicyclic amines) is 1. The Kier molecular flexibility index (Phi) is 9.49. The minimum absolute atomic E-state index is 0.00244. The molecule has 2 heterocycles. The molecule has 3 fully saturated rings. The Morgan fingerprint density at radius 1 is 1.19 bits per heavy atom. The molecule has 5 atom stereocenters. The maximum absolute atomic E-state index is 14.2. The standard InChI is InChI=1S/C32H40FN5O8S/c1-5-20-17-32(20,29(41)37-47(43,44)22-10-11-22)36-26(39)24-16-21(46-27-23-9-7-6-8-19(23)12-14-34-27)18-38(24)28(40)25(31(2,3)4)35-30(42)45-15-13-33/h5-9,12,14,20-22,24-25H,1,10-11,13,15-18H2,2-4H3,(H,35,42)(H,36,39)(H,37,41)/t20-,21+,24+,25+,32-/m0/s1. The number of sulfonamides is 1. The van der Waals surface area contributed by atoms with Crippen molar-refractivity contribution in [3.63, 3.8) is 0 Å². The van der Waals surface area contributed by atoms with Gasteiger partial charge in [-0.1, -0.05) is 45.0 Å². The van der Waals surface area contributed by atoms with E-state index in [9.17, 15) is 32.0 Å². The van der Waals surface area contributed by atoms with Crippen molar-refractivity contribution in [1.82, 2.24) is 25.2 Å². The van der Waals surface area contributed by atoms with Crippen LogP contribution in [0.5, 0.6) is 5.88 Å². The predicted octanol–water partition coefficient (Wildman–Crippen LogP) is 2.36.